The third-order valence-electron chi connectivity index (χ3n) is 4.28. The lowest BCUT2D eigenvalue weighted by atomic mass is 9.71. The van der Waals surface area contributed by atoms with Crippen molar-refractivity contribution >= 4 is 23.5 Å². The Bertz CT molecular complexity index is 539. The molecule has 0 saturated heterocycles. The maximum Gasteiger partial charge on any atom is 0.311 e. The number of carbonyl (C=O) groups is 2. The molecular weight excluding hydrogens is 292 g/mol. The minimum atomic E-state index is -0.864. The lowest BCUT2D eigenvalue weighted by Gasteiger charge is -2.35. The van der Waals surface area contributed by atoms with E-state index < -0.39 is 11.4 Å². The molecule has 0 radical (unpaired) electrons. The summed E-state index contributed by atoms with van der Waals surface area (Å²) < 4.78 is 0. The third kappa shape index (κ3) is 3.53. The van der Waals surface area contributed by atoms with E-state index in [1.165, 1.54) is 18.5 Å². The van der Waals surface area contributed by atoms with Crippen molar-refractivity contribution in [1.82, 2.24) is 10.3 Å². The molecule has 5 nitrogen and oxygen atoms in total. The van der Waals surface area contributed by atoms with Gasteiger partial charge >= 0.3 is 5.97 Å². The highest BCUT2D eigenvalue weighted by molar-refractivity contribution is 6.33. The Balaban J connectivity index is 2.04. The van der Waals surface area contributed by atoms with E-state index in [0.29, 0.717) is 23.8 Å². The maximum absolute atomic E-state index is 12.1. The summed E-state index contributed by atoms with van der Waals surface area (Å²) in [5, 5.41) is 12.5. The molecule has 2 rings (SSSR count). The van der Waals surface area contributed by atoms with Crippen LogP contribution in [0.15, 0.2) is 18.5 Å². The molecule has 1 saturated carbocycles. The number of hydrogen-bond donors (Lipinski definition) is 2. The number of nitrogens with one attached hydrogen (secondary N) is 1. The molecule has 0 aliphatic heterocycles. The van der Waals surface area contributed by atoms with Gasteiger partial charge in [-0.25, -0.2) is 0 Å². The third-order valence-corrected chi connectivity index (χ3v) is 4.61. The smallest absolute Gasteiger partial charge is 0.311 e. The molecule has 1 aromatic rings. The van der Waals surface area contributed by atoms with Crippen LogP contribution in [-0.4, -0.2) is 28.5 Å². The number of aromatic nitrogens is 1. The molecule has 1 aromatic heterocycles. The van der Waals surface area contributed by atoms with Crippen molar-refractivity contribution in [3.8, 4) is 0 Å². The van der Waals surface area contributed by atoms with Crippen LogP contribution in [0, 0.1) is 11.3 Å². The van der Waals surface area contributed by atoms with Crippen LogP contribution in [0.3, 0.4) is 0 Å². The molecule has 0 bridgehead atoms. The Labute approximate surface area is 128 Å². The molecule has 1 aliphatic rings. The molecule has 2 N–H and O–H groups in total. The summed E-state index contributed by atoms with van der Waals surface area (Å²) in [6, 6.07) is 1.53. The van der Waals surface area contributed by atoms with Crippen LogP contribution in [0.25, 0.3) is 0 Å². The Kier molecular flexibility index (Phi) is 4.83. The van der Waals surface area contributed by atoms with Crippen LogP contribution in [-0.2, 0) is 4.79 Å². The van der Waals surface area contributed by atoms with Crippen molar-refractivity contribution in [3.63, 3.8) is 0 Å². The number of aliphatic carboxylic acids is 1. The van der Waals surface area contributed by atoms with Gasteiger partial charge in [-0.15, -0.1) is 0 Å². The first kappa shape index (κ1) is 15.8. The second-order valence-corrected chi connectivity index (χ2v) is 6.21. The molecule has 0 aromatic carbocycles. The molecule has 0 unspecified atom stereocenters. The zero-order valence-electron chi connectivity index (χ0n) is 11.9. The van der Waals surface area contributed by atoms with Crippen LogP contribution in [0.1, 0.15) is 43.0 Å². The summed E-state index contributed by atoms with van der Waals surface area (Å²) in [5.41, 5.74) is -0.597. The van der Waals surface area contributed by atoms with Gasteiger partial charge in [0.2, 0.25) is 0 Å². The summed E-state index contributed by atoms with van der Waals surface area (Å²) in [6.07, 6.45) is 5.80. The van der Waals surface area contributed by atoms with E-state index >= 15 is 0 Å². The molecule has 1 aliphatic carbocycles. The molecule has 21 heavy (non-hydrogen) atoms. The number of halogens is 1. The Morgan fingerprint density at radius 3 is 2.71 bits per heavy atom. The van der Waals surface area contributed by atoms with E-state index in [0.717, 1.165) is 12.8 Å². The van der Waals surface area contributed by atoms with Crippen LogP contribution >= 0.6 is 11.6 Å². The highest BCUT2D eigenvalue weighted by Gasteiger charge is 2.41. The highest BCUT2D eigenvalue weighted by atomic mass is 35.5. The van der Waals surface area contributed by atoms with Crippen molar-refractivity contribution in [2.75, 3.05) is 6.54 Å². The zero-order chi connectivity index (χ0) is 15.5. The molecule has 0 atom stereocenters. The van der Waals surface area contributed by atoms with Gasteiger partial charge in [-0.05, 0) is 37.7 Å². The number of nitrogens with zero attached hydrogens (tertiary/aromatic N) is 1. The average Bonchev–Trinajstić information content (AvgIpc) is 2.47. The van der Waals surface area contributed by atoms with Gasteiger partial charge in [-0.2, -0.15) is 0 Å². The molecule has 0 spiro atoms. The predicted octanol–water partition coefficient (Wildman–Crippen LogP) is 2.75. The zero-order valence-corrected chi connectivity index (χ0v) is 12.7. The van der Waals surface area contributed by atoms with E-state index in [4.69, 9.17) is 11.6 Å². The van der Waals surface area contributed by atoms with Crippen molar-refractivity contribution in [3.05, 3.63) is 29.0 Å². The molecule has 1 amide bonds. The van der Waals surface area contributed by atoms with E-state index in [1.54, 1.807) is 0 Å². The van der Waals surface area contributed by atoms with Crippen molar-refractivity contribution < 1.29 is 14.7 Å². The second kappa shape index (κ2) is 6.43. The van der Waals surface area contributed by atoms with E-state index in [-0.39, 0.29) is 18.0 Å². The maximum atomic E-state index is 12.1. The van der Waals surface area contributed by atoms with Crippen LogP contribution < -0.4 is 5.32 Å². The minimum Gasteiger partial charge on any atom is -0.481 e. The minimum absolute atomic E-state index is 0.124. The normalized spacial score (nSPS) is 25.3. The predicted molar refractivity (Wildman–Crippen MR) is 79.3 cm³/mol. The fraction of sp³-hybridized carbons (Fsp3) is 0.533. The topological polar surface area (TPSA) is 79.3 Å². The number of rotatable bonds is 4. The Morgan fingerprint density at radius 2 is 2.14 bits per heavy atom. The standard InChI is InChI=1S/C15H19ClN2O3/c1-10-2-5-15(6-3-10,14(20)21)9-18-13(19)11-8-17-7-4-12(11)16/h4,7-8,10H,2-3,5-6,9H2,1H3,(H,18,19)(H,20,21). The lowest BCUT2D eigenvalue weighted by Crippen LogP contribution is -2.45. The number of hydrogen-bond acceptors (Lipinski definition) is 3. The summed E-state index contributed by atoms with van der Waals surface area (Å²) in [5.74, 6) is -0.680. The van der Waals surface area contributed by atoms with E-state index in [9.17, 15) is 14.7 Å². The number of carbonyl (C=O) groups excluding carboxylic acids is 1. The quantitative estimate of drug-likeness (QED) is 0.896. The number of pyridine rings is 1. The van der Waals surface area contributed by atoms with E-state index in [1.807, 2.05) is 0 Å². The van der Waals surface area contributed by atoms with Gasteiger partial charge in [0.15, 0.2) is 0 Å². The van der Waals surface area contributed by atoms with Gasteiger partial charge in [0.05, 0.1) is 16.0 Å². The molecule has 114 valence electrons. The largest absolute Gasteiger partial charge is 0.481 e. The molecular formula is C15H19ClN2O3. The van der Waals surface area contributed by atoms with Crippen LogP contribution in [0.2, 0.25) is 5.02 Å². The fourth-order valence-corrected chi connectivity index (χ4v) is 2.86. The summed E-state index contributed by atoms with van der Waals surface area (Å²) in [4.78, 5) is 27.6. The number of carboxylic acid groups (broad SMARTS) is 1. The highest BCUT2D eigenvalue weighted by Crippen LogP contribution is 2.38. The van der Waals surface area contributed by atoms with Gasteiger partial charge in [0, 0.05) is 18.9 Å². The molecule has 1 fully saturated rings. The molecule has 1 heterocycles. The summed E-state index contributed by atoms with van der Waals surface area (Å²) >= 11 is 5.94. The Hall–Kier alpha value is -1.62. The van der Waals surface area contributed by atoms with Gasteiger partial charge in [-0.3, -0.25) is 14.6 Å². The second-order valence-electron chi connectivity index (χ2n) is 5.81. The fourth-order valence-electron chi connectivity index (χ4n) is 2.67. The molecule has 6 heteroatoms. The first-order chi connectivity index (χ1) is 9.94. The van der Waals surface area contributed by atoms with E-state index in [2.05, 4.69) is 17.2 Å². The lowest BCUT2D eigenvalue weighted by molar-refractivity contribution is -0.151. The number of carboxylic acids is 1. The Morgan fingerprint density at radius 1 is 1.48 bits per heavy atom. The van der Waals surface area contributed by atoms with Gasteiger partial charge < -0.3 is 10.4 Å². The van der Waals surface area contributed by atoms with Gasteiger partial charge in [-0.1, -0.05) is 18.5 Å². The first-order valence-corrected chi connectivity index (χ1v) is 7.43. The van der Waals surface area contributed by atoms with Crippen LogP contribution in [0.4, 0.5) is 0 Å². The summed E-state index contributed by atoms with van der Waals surface area (Å²) in [6.45, 7) is 2.25. The van der Waals surface area contributed by atoms with Crippen LogP contribution in [0.5, 0.6) is 0 Å². The van der Waals surface area contributed by atoms with Gasteiger partial charge in [0.25, 0.3) is 5.91 Å². The average molecular weight is 311 g/mol. The van der Waals surface area contributed by atoms with Crippen molar-refractivity contribution in [1.29, 1.82) is 0 Å². The number of amides is 1. The van der Waals surface area contributed by atoms with Crippen molar-refractivity contribution in [2.24, 2.45) is 11.3 Å². The monoisotopic (exact) mass is 310 g/mol. The SMILES string of the molecule is CC1CCC(CNC(=O)c2cnccc2Cl)(C(=O)O)CC1. The summed E-state index contributed by atoms with van der Waals surface area (Å²) in [7, 11) is 0. The van der Waals surface area contributed by atoms with Gasteiger partial charge in [0.1, 0.15) is 0 Å². The van der Waals surface area contributed by atoms with Crippen molar-refractivity contribution in [2.45, 2.75) is 32.6 Å². The first-order valence-electron chi connectivity index (χ1n) is 7.06.